The molecule has 0 spiro atoms. The van der Waals surface area contributed by atoms with E-state index in [1.807, 2.05) is 54.6 Å². The third kappa shape index (κ3) is 2.67. The Kier molecular flexibility index (Phi) is 3.68. The molecule has 1 aromatic heterocycles. The molecule has 0 radical (unpaired) electrons. The number of benzene rings is 2. The molecule has 0 saturated heterocycles. The van der Waals surface area contributed by atoms with Crippen molar-refractivity contribution < 1.29 is 5.11 Å². The molecule has 0 aliphatic rings. The van der Waals surface area contributed by atoms with Gasteiger partial charge in [0.15, 0.2) is 0 Å². The summed E-state index contributed by atoms with van der Waals surface area (Å²) in [6.07, 6.45) is 1.75. The van der Waals surface area contributed by atoms with Crippen LogP contribution < -0.4 is 0 Å². The van der Waals surface area contributed by atoms with Gasteiger partial charge in [-0.2, -0.15) is 0 Å². The fourth-order valence-corrected chi connectivity index (χ4v) is 2.49. The number of pyridine rings is 1. The molecule has 3 rings (SSSR count). The average molecular weight is 284 g/mol. The molecule has 0 bridgehead atoms. The van der Waals surface area contributed by atoms with Crippen LogP contribution in [0.15, 0.2) is 60.8 Å². The third-order valence-electron chi connectivity index (χ3n) is 3.38. The van der Waals surface area contributed by atoms with Crippen LogP contribution in [0.4, 0.5) is 0 Å². The van der Waals surface area contributed by atoms with Crippen LogP contribution in [0, 0.1) is 0 Å². The molecule has 3 aromatic rings. The highest BCUT2D eigenvalue weighted by Gasteiger charge is 2.12. The zero-order chi connectivity index (χ0) is 13.9. The van der Waals surface area contributed by atoms with E-state index in [1.54, 1.807) is 6.20 Å². The van der Waals surface area contributed by atoms with Crippen LogP contribution in [0.5, 0.6) is 0 Å². The first kappa shape index (κ1) is 13.1. The van der Waals surface area contributed by atoms with Crippen molar-refractivity contribution >= 4 is 22.5 Å². The molecule has 2 aromatic carbocycles. The fraction of sp³-hybridized carbons (Fsp3) is 0.118. The molecule has 0 aliphatic heterocycles. The predicted molar refractivity (Wildman–Crippen MR) is 81.9 cm³/mol. The van der Waals surface area contributed by atoms with Crippen molar-refractivity contribution in [3.63, 3.8) is 0 Å². The second-order valence-electron chi connectivity index (χ2n) is 4.76. The first-order chi connectivity index (χ1) is 9.74. The zero-order valence-corrected chi connectivity index (χ0v) is 11.6. The molecular weight excluding hydrogens is 270 g/mol. The van der Waals surface area contributed by atoms with Crippen LogP contribution in [0.2, 0.25) is 5.02 Å². The summed E-state index contributed by atoms with van der Waals surface area (Å²) in [5.41, 5.74) is 2.87. The van der Waals surface area contributed by atoms with Crippen molar-refractivity contribution in [1.29, 1.82) is 0 Å². The molecule has 0 amide bonds. The normalized spacial score (nSPS) is 12.5. The van der Waals surface area contributed by atoms with Gasteiger partial charge in [0.05, 0.1) is 11.6 Å². The maximum absolute atomic E-state index is 10.5. The van der Waals surface area contributed by atoms with E-state index in [0.717, 1.165) is 22.0 Å². The van der Waals surface area contributed by atoms with E-state index >= 15 is 0 Å². The van der Waals surface area contributed by atoms with Crippen molar-refractivity contribution in [3.8, 4) is 0 Å². The molecule has 1 N–H and O–H groups in total. The molecule has 2 nitrogen and oxygen atoms in total. The number of aliphatic hydroxyl groups is 1. The second-order valence-corrected chi connectivity index (χ2v) is 5.20. The van der Waals surface area contributed by atoms with Crippen molar-refractivity contribution in [2.45, 2.75) is 12.5 Å². The number of aliphatic hydroxyl groups excluding tert-OH is 1. The average Bonchev–Trinajstić information content (AvgIpc) is 2.49. The second kappa shape index (κ2) is 5.61. The summed E-state index contributed by atoms with van der Waals surface area (Å²) in [7, 11) is 0. The molecule has 0 fully saturated rings. The molecule has 0 saturated carbocycles. The lowest BCUT2D eigenvalue weighted by atomic mass is 9.98. The quantitative estimate of drug-likeness (QED) is 0.783. The molecule has 100 valence electrons. The van der Waals surface area contributed by atoms with Gasteiger partial charge in [-0.1, -0.05) is 41.9 Å². The number of rotatable bonds is 3. The summed E-state index contributed by atoms with van der Waals surface area (Å²) in [6.45, 7) is 0. The van der Waals surface area contributed by atoms with E-state index < -0.39 is 6.10 Å². The van der Waals surface area contributed by atoms with Crippen LogP contribution in [-0.4, -0.2) is 10.1 Å². The lowest BCUT2D eigenvalue weighted by Gasteiger charge is -2.13. The minimum Gasteiger partial charge on any atom is -0.388 e. The monoisotopic (exact) mass is 283 g/mol. The van der Waals surface area contributed by atoms with Crippen molar-refractivity contribution in [3.05, 3.63) is 76.9 Å². The molecule has 0 aliphatic carbocycles. The number of halogens is 1. The van der Waals surface area contributed by atoms with E-state index in [1.165, 1.54) is 0 Å². The highest BCUT2D eigenvalue weighted by atomic mass is 35.5. The summed E-state index contributed by atoms with van der Waals surface area (Å²) in [5.74, 6) is 0. The SMILES string of the molecule is OC(Cc1ccc(Cl)cc1)c1ccnc2ccccc12. The van der Waals surface area contributed by atoms with Gasteiger partial charge >= 0.3 is 0 Å². The number of hydrogen-bond acceptors (Lipinski definition) is 2. The lowest BCUT2D eigenvalue weighted by Crippen LogP contribution is -2.03. The Morgan fingerprint density at radius 2 is 1.75 bits per heavy atom. The highest BCUT2D eigenvalue weighted by Crippen LogP contribution is 2.25. The van der Waals surface area contributed by atoms with E-state index in [2.05, 4.69) is 4.98 Å². The first-order valence-corrected chi connectivity index (χ1v) is 6.88. The van der Waals surface area contributed by atoms with Crippen LogP contribution in [0.3, 0.4) is 0 Å². The van der Waals surface area contributed by atoms with Crippen LogP contribution in [0.1, 0.15) is 17.2 Å². The van der Waals surface area contributed by atoms with Crippen molar-refractivity contribution in [2.24, 2.45) is 0 Å². The maximum atomic E-state index is 10.5. The Balaban J connectivity index is 1.92. The molecule has 1 unspecified atom stereocenters. The summed E-state index contributed by atoms with van der Waals surface area (Å²) in [5, 5.41) is 12.2. The molecule has 1 heterocycles. The molecule has 3 heteroatoms. The minimum absolute atomic E-state index is 0.552. The topological polar surface area (TPSA) is 33.1 Å². The maximum Gasteiger partial charge on any atom is 0.0837 e. The van der Waals surface area contributed by atoms with Gasteiger partial charge in [0.25, 0.3) is 0 Å². The van der Waals surface area contributed by atoms with Crippen molar-refractivity contribution in [2.75, 3.05) is 0 Å². The van der Waals surface area contributed by atoms with Crippen LogP contribution in [0.25, 0.3) is 10.9 Å². The van der Waals surface area contributed by atoms with Gasteiger partial charge in [0.1, 0.15) is 0 Å². The van der Waals surface area contributed by atoms with E-state index in [-0.39, 0.29) is 0 Å². The third-order valence-corrected chi connectivity index (χ3v) is 3.64. The van der Waals surface area contributed by atoms with E-state index in [4.69, 9.17) is 11.6 Å². The summed E-state index contributed by atoms with van der Waals surface area (Å²) >= 11 is 5.87. The number of fused-ring (bicyclic) bond motifs is 1. The Morgan fingerprint density at radius 1 is 1.00 bits per heavy atom. The first-order valence-electron chi connectivity index (χ1n) is 6.50. The van der Waals surface area contributed by atoms with Gasteiger partial charge in [-0.05, 0) is 35.4 Å². The fourth-order valence-electron chi connectivity index (χ4n) is 2.36. The van der Waals surface area contributed by atoms with E-state index in [9.17, 15) is 5.11 Å². The van der Waals surface area contributed by atoms with Gasteiger partial charge < -0.3 is 5.11 Å². The Bertz CT molecular complexity index is 719. The van der Waals surface area contributed by atoms with Gasteiger partial charge in [-0.3, -0.25) is 4.98 Å². The number of hydrogen-bond donors (Lipinski definition) is 1. The molecule has 20 heavy (non-hydrogen) atoms. The summed E-state index contributed by atoms with van der Waals surface area (Å²) < 4.78 is 0. The van der Waals surface area contributed by atoms with Gasteiger partial charge in [0.2, 0.25) is 0 Å². The van der Waals surface area contributed by atoms with Gasteiger partial charge in [-0.25, -0.2) is 0 Å². The largest absolute Gasteiger partial charge is 0.388 e. The van der Waals surface area contributed by atoms with Gasteiger partial charge in [-0.15, -0.1) is 0 Å². The predicted octanol–water partition coefficient (Wildman–Crippen LogP) is 4.16. The number of aromatic nitrogens is 1. The molecular formula is C17H14ClNO. The van der Waals surface area contributed by atoms with Gasteiger partial charge in [0, 0.05) is 23.0 Å². The standard InChI is InChI=1S/C17H14ClNO/c18-13-7-5-12(6-8-13)11-17(20)15-9-10-19-16-4-2-1-3-14(15)16/h1-10,17,20H,11H2. The summed E-state index contributed by atoms with van der Waals surface area (Å²) in [4.78, 5) is 4.31. The smallest absolute Gasteiger partial charge is 0.0837 e. The Labute approximate surface area is 122 Å². The summed E-state index contributed by atoms with van der Waals surface area (Å²) in [6, 6.07) is 17.3. The molecule has 1 atom stereocenters. The van der Waals surface area contributed by atoms with Crippen LogP contribution in [-0.2, 0) is 6.42 Å². The van der Waals surface area contributed by atoms with Crippen molar-refractivity contribution in [1.82, 2.24) is 4.98 Å². The number of para-hydroxylation sites is 1. The van der Waals surface area contributed by atoms with E-state index in [0.29, 0.717) is 11.4 Å². The zero-order valence-electron chi connectivity index (χ0n) is 10.8. The van der Waals surface area contributed by atoms with Crippen LogP contribution >= 0.6 is 11.6 Å². The Hall–Kier alpha value is -1.90. The minimum atomic E-state index is -0.552. The Morgan fingerprint density at radius 3 is 2.55 bits per heavy atom. The lowest BCUT2D eigenvalue weighted by molar-refractivity contribution is 0.180. The number of nitrogens with zero attached hydrogens (tertiary/aromatic N) is 1. The highest BCUT2D eigenvalue weighted by molar-refractivity contribution is 6.30.